The zero-order chi connectivity index (χ0) is 16.1. The number of hydrogen-bond donors (Lipinski definition) is 1. The van der Waals surface area contributed by atoms with Crippen LogP contribution in [-0.4, -0.2) is 16.1 Å². The largest absolute Gasteiger partial charge is 0.489 e. The molecule has 0 aliphatic carbocycles. The number of ether oxygens (including phenoxy) is 1. The van der Waals surface area contributed by atoms with Crippen molar-refractivity contribution in [2.24, 2.45) is 0 Å². The molecule has 114 valence electrons. The summed E-state index contributed by atoms with van der Waals surface area (Å²) in [5.74, 6) is -0.302. The predicted octanol–water partition coefficient (Wildman–Crippen LogP) is 4.03. The summed E-state index contributed by atoms with van der Waals surface area (Å²) in [5, 5.41) is 9.03. The second-order valence-corrected chi connectivity index (χ2v) is 5.04. The van der Waals surface area contributed by atoms with Gasteiger partial charge in [-0.15, -0.1) is 0 Å². The number of carboxylic acids is 1. The SMILES string of the molecule is O=C(O)c1cc(-c2cccc(OCc3ccccc3)c2)ccn1. The Balaban J connectivity index is 1.80. The van der Waals surface area contributed by atoms with Crippen LogP contribution >= 0.6 is 0 Å². The fraction of sp³-hybridized carbons (Fsp3) is 0.0526. The molecule has 0 atom stereocenters. The van der Waals surface area contributed by atoms with Crippen LogP contribution in [0.3, 0.4) is 0 Å². The van der Waals surface area contributed by atoms with Gasteiger partial charge in [-0.3, -0.25) is 0 Å². The fourth-order valence-electron chi connectivity index (χ4n) is 2.23. The molecule has 0 saturated carbocycles. The molecule has 3 rings (SSSR count). The van der Waals surface area contributed by atoms with Gasteiger partial charge in [-0.25, -0.2) is 9.78 Å². The van der Waals surface area contributed by atoms with E-state index < -0.39 is 5.97 Å². The Morgan fingerprint density at radius 3 is 2.52 bits per heavy atom. The third-order valence-electron chi connectivity index (χ3n) is 3.39. The van der Waals surface area contributed by atoms with Gasteiger partial charge in [-0.05, 0) is 41.0 Å². The lowest BCUT2D eigenvalue weighted by Gasteiger charge is -2.08. The molecule has 0 amide bonds. The molecule has 0 fully saturated rings. The number of rotatable bonds is 5. The summed E-state index contributed by atoms with van der Waals surface area (Å²) in [4.78, 5) is 14.9. The summed E-state index contributed by atoms with van der Waals surface area (Å²) < 4.78 is 5.80. The van der Waals surface area contributed by atoms with Crippen LogP contribution in [0.5, 0.6) is 5.75 Å². The average molecular weight is 305 g/mol. The number of aromatic nitrogens is 1. The van der Waals surface area contributed by atoms with Gasteiger partial charge in [-0.1, -0.05) is 42.5 Å². The van der Waals surface area contributed by atoms with Crippen molar-refractivity contribution in [3.63, 3.8) is 0 Å². The molecule has 1 aromatic heterocycles. The number of aromatic carboxylic acids is 1. The van der Waals surface area contributed by atoms with E-state index in [1.54, 1.807) is 12.1 Å². The Bertz CT molecular complexity index is 816. The normalized spacial score (nSPS) is 10.3. The molecule has 0 aliphatic heterocycles. The van der Waals surface area contributed by atoms with Gasteiger partial charge in [0.2, 0.25) is 0 Å². The summed E-state index contributed by atoms with van der Waals surface area (Å²) in [6.07, 6.45) is 1.50. The molecule has 0 radical (unpaired) electrons. The first-order chi connectivity index (χ1) is 11.2. The molecule has 2 aromatic carbocycles. The van der Waals surface area contributed by atoms with Crippen LogP contribution in [0.25, 0.3) is 11.1 Å². The van der Waals surface area contributed by atoms with E-state index in [4.69, 9.17) is 9.84 Å². The quantitative estimate of drug-likeness (QED) is 0.773. The van der Waals surface area contributed by atoms with Crippen LogP contribution in [0.4, 0.5) is 0 Å². The van der Waals surface area contributed by atoms with Crippen molar-refractivity contribution in [2.75, 3.05) is 0 Å². The highest BCUT2D eigenvalue weighted by Gasteiger charge is 2.07. The first kappa shape index (κ1) is 14.8. The summed E-state index contributed by atoms with van der Waals surface area (Å²) in [6, 6.07) is 20.8. The maximum Gasteiger partial charge on any atom is 0.354 e. The van der Waals surface area contributed by atoms with E-state index in [0.29, 0.717) is 6.61 Å². The molecule has 1 N–H and O–H groups in total. The highest BCUT2D eigenvalue weighted by atomic mass is 16.5. The molecular weight excluding hydrogens is 290 g/mol. The molecule has 23 heavy (non-hydrogen) atoms. The second-order valence-electron chi connectivity index (χ2n) is 5.04. The van der Waals surface area contributed by atoms with E-state index in [2.05, 4.69) is 4.98 Å². The van der Waals surface area contributed by atoms with E-state index in [-0.39, 0.29) is 5.69 Å². The van der Waals surface area contributed by atoms with Gasteiger partial charge < -0.3 is 9.84 Å². The standard InChI is InChI=1S/C19H15NO3/c21-19(22)18-12-16(9-10-20-18)15-7-4-8-17(11-15)23-13-14-5-2-1-3-6-14/h1-12H,13H2,(H,21,22). The molecule has 0 spiro atoms. The van der Waals surface area contributed by atoms with E-state index >= 15 is 0 Å². The first-order valence-electron chi connectivity index (χ1n) is 7.19. The molecular formula is C19H15NO3. The Morgan fingerprint density at radius 1 is 0.957 bits per heavy atom. The maximum absolute atomic E-state index is 11.0. The summed E-state index contributed by atoms with van der Waals surface area (Å²) in [6.45, 7) is 0.487. The zero-order valence-corrected chi connectivity index (χ0v) is 12.3. The Kier molecular flexibility index (Phi) is 4.34. The van der Waals surface area contributed by atoms with Gasteiger partial charge in [0.05, 0.1) is 0 Å². The summed E-state index contributed by atoms with van der Waals surface area (Å²) in [7, 11) is 0. The summed E-state index contributed by atoms with van der Waals surface area (Å²) in [5.41, 5.74) is 2.80. The second kappa shape index (κ2) is 6.75. The highest BCUT2D eigenvalue weighted by molar-refractivity contribution is 5.87. The molecule has 4 heteroatoms. The molecule has 1 heterocycles. The van der Waals surface area contributed by atoms with Gasteiger partial charge in [0.25, 0.3) is 0 Å². The van der Waals surface area contributed by atoms with Crippen LogP contribution in [0.15, 0.2) is 72.9 Å². The Morgan fingerprint density at radius 2 is 1.74 bits per heavy atom. The van der Waals surface area contributed by atoms with Crippen molar-refractivity contribution >= 4 is 5.97 Å². The van der Waals surface area contributed by atoms with Gasteiger partial charge in [0.1, 0.15) is 18.1 Å². The maximum atomic E-state index is 11.0. The van der Waals surface area contributed by atoms with E-state index in [1.165, 1.54) is 6.20 Å². The number of nitrogens with zero attached hydrogens (tertiary/aromatic N) is 1. The molecule has 0 bridgehead atoms. The topological polar surface area (TPSA) is 59.4 Å². The van der Waals surface area contributed by atoms with Crippen molar-refractivity contribution < 1.29 is 14.6 Å². The van der Waals surface area contributed by atoms with E-state index in [1.807, 2.05) is 54.6 Å². The smallest absolute Gasteiger partial charge is 0.354 e. The highest BCUT2D eigenvalue weighted by Crippen LogP contribution is 2.24. The average Bonchev–Trinajstić information content (AvgIpc) is 2.61. The van der Waals surface area contributed by atoms with Gasteiger partial charge in [-0.2, -0.15) is 0 Å². The molecule has 4 nitrogen and oxygen atoms in total. The number of pyridine rings is 1. The Hall–Kier alpha value is -3.14. The Labute approximate surface area is 134 Å². The minimum Gasteiger partial charge on any atom is -0.489 e. The first-order valence-corrected chi connectivity index (χ1v) is 7.19. The zero-order valence-electron chi connectivity index (χ0n) is 12.3. The van der Waals surface area contributed by atoms with Crippen molar-refractivity contribution in [3.05, 3.63) is 84.2 Å². The minimum atomic E-state index is -1.04. The van der Waals surface area contributed by atoms with Crippen LogP contribution in [-0.2, 0) is 6.61 Å². The van der Waals surface area contributed by atoms with Gasteiger partial charge >= 0.3 is 5.97 Å². The lowest BCUT2D eigenvalue weighted by Crippen LogP contribution is -1.99. The fourth-order valence-corrected chi connectivity index (χ4v) is 2.23. The van der Waals surface area contributed by atoms with Crippen LogP contribution < -0.4 is 4.74 Å². The van der Waals surface area contributed by atoms with Gasteiger partial charge in [0, 0.05) is 6.20 Å². The van der Waals surface area contributed by atoms with Crippen molar-refractivity contribution in [2.45, 2.75) is 6.61 Å². The molecule has 0 saturated heterocycles. The van der Waals surface area contributed by atoms with Crippen molar-refractivity contribution in [1.82, 2.24) is 4.98 Å². The molecule has 0 aliphatic rings. The third kappa shape index (κ3) is 3.74. The lowest BCUT2D eigenvalue weighted by atomic mass is 10.1. The van der Waals surface area contributed by atoms with Crippen molar-refractivity contribution in [3.8, 4) is 16.9 Å². The summed E-state index contributed by atoms with van der Waals surface area (Å²) >= 11 is 0. The minimum absolute atomic E-state index is 0.0260. The monoisotopic (exact) mass is 305 g/mol. The van der Waals surface area contributed by atoms with Crippen LogP contribution in [0.1, 0.15) is 16.1 Å². The number of hydrogen-bond acceptors (Lipinski definition) is 3. The predicted molar refractivity (Wildman–Crippen MR) is 87.4 cm³/mol. The van der Waals surface area contributed by atoms with E-state index in [9.17, 15) is 4.79 Å². The number of carbonyl (C=O) groups is 1. The van der Waals surface area contributed by atoms with Crippen LogP contribution in [0, 0.1) is 0 Å². The number of benzene rings is 2. The molecule has 3 aromatic rings. The lowest BCUT2D eigenvalue weighted by molar-refractivity contribution is 0.0690. The van der Waals surface area contributed by atoms with Crippen LogP contribution in [0.2, 0.25) is 0 Å². The van der Waals surface area contributed by atoms with Gasteiger partial charge in [0.15, 0.2) is 0 Å². The third-order valence-corrected chi connectivity index (χ3v) is 3.39. The number of carboxylic acid groups (broad SMARTS) is 1. The van der Waals surface area contributed by atoms with E-state index in [0.717, 1.165) is 22.4 Å². The van der Waals surface area contributed by atoms with Crippen molar-refractivity contribution in [1.29, 1.82) is 0 Å². The molecule has 0 unspecified atom stereocenters.